The average Bonchev–Trinajstić information content (AvgIpc) is 2.30. The molecule has 0 bridgehead atoms. The first-order chi connectivity index (χ1) is 7.27. The maximum atomic E-state index is 3.64. The van der Waals surface area contributed by atoms with Gasteiger partial charge in [-0.1, -0.05) is 0 Å². The van der Waals surface area contributed by atoms with E-state index in [0.29, 0.717) is 12.2 Å². The lowest BCUT2D eigenvalue weighted by atomic mass is 10.1. The van der Waals surface area contributed by atoms with Crippen molar-refractivity contribution in [1.82, 2.24) is 15.1 Å². The van der Waals surface area contributed by atoms with Crippen LogP contribution in [0, 0.1) is 0 Å². The van der Waals surface area contributed by atoms with Crippen molar-refractivity contribution in [2.75, 3.05) is 32.7 Å². The minimum atomic E-state index is 0.674. The van der Waals surface area contributed by atoms with Gasteiger partial charge in [0.1, 0.15) is 0 Å². The third-order valence-corrected chi connectivity index (χ3v) is 3.80. The molecular weight excluding hydrogens is 186 g/mol. The topological polar surface area (TPSA) is 18.5 Å². The summed E-state index contributed by atoms with van der Waals surface area (Å²) in [5.74, 6) is 0. The SMILES string of the molecule is CC(C)N1CCN(C2CCCCN2)CC1. The zero-order chi connectivity index (χ0) is 10.7. The Labute approximate surface area is 93.8 Å². The van der Waals surface area contributed by atoms with Crippen LogP contribution in [-0.4, -0.2) is 54.7 Å². The fraction of sp³-hybridized carbons (Fsp3) is 1.00. The summed E-state index contributed by atoms with van der Waals surface area (Å²) in [4.78, 5) is 5.22. The van der Waals surface area contributed by atoms with Crippen LogP contribution in [0.2, 0.25) is 0 Å². The zero-order valence-corrected chi connectivity index (χ0v) is 10.2. The van der Waals surface area contributed by atoms with Gasteiger partial charge in [-0.2, -0.15) is 0 Å². The summed E-state index contributed by atoms with van der Waals surface area (Å²) >= 11 is 0. The fourth-order valence-corrected chi connectivity index (χ4v) is 2.71. The molecule has 0 radical (unpaired) electrons. The maximum Gasteiger partial charge on any atom is 0.0597 e. The van der Waals surface area contributed by atoms with Crippen LogP contribution < -0.4 is 5.32 Å². The van der Waals surface area contributed by atoms with Gasteiger partial charge < -0.3 is 5.32 Å². The summed E-state index contributed by atoms with van der Waals surface area (Å²) in [5.41, 5.74) is 0. The summed E-state index contributed by atoms with van der Waals surface area (Å²) in [5, 5.41) is 3.64. The van der Waals surface area contributed by atoms with Gasteiger partial charge in [0.25, 0.3) is 0 Å². The van der Waals surface area contributed by atoms with Gasteiger partial charge in [0.2, 0.25) is 0 Å². The Bertz CT molecular complexity index is 179. The van der Waals surface area contributed by atoms with Crippen molar-refractivity contribution in [3.8, 4) is 0 Å². The average molecular weight is 211 g/mol. The lowest BCUT2D eigenvalue weighted by molar-refractivity contribution is 0.0552. The third kappa shape index (κ3) is 2.92. The molecule has 0 aliphatic carbocycles. The molecule has 0 amide bonds. The lowest BCUT2D eigenvalue weighted by Gasteiger charge is -2.42. The van der Waals surface area contributed by atoms with Gasteiger partial charge in [0.05, 0.1) is 6.17 Å². The maximum absolute atomic E-state index is 3.64. The van der Waals surface area contributed by atoms with E-state index in [4.69, 9.17) is 0 Å². The van der Waals surface area contributed by atoms with E-state index in [1.165, 1.54) is 52.0 Å². The smallest absolute Gasteiger partial charge is 0.0597 e. The number of rotatable bonds is 2. The van der Waals surface area contributed by atoms with E-state index in [1.807, 2.05) is 0 Å². The summed E-state index contributed by atoms with van der Waals surface area (Å²) in [6, 6.07) is 0.714. The van der Waals surface area contributed by atoms with Gasteiger partial charge in [-0.15, -0.1) is 0 Å². The molecule has 3 heteroatoms. The summed E-state index contributed by atoms with van der Waals surface area (Å²) in [6.45, 7) is 10.8. The van der Waals surface area contributed by atoms with E-state index in [0.717, 1.165) is 0 Å². The highest BCUT2D eigenvalue weighted by Gasteiger charge is 2.25. The van der Waals surface area contributed by atoms with Crippen LogP contribution in [0.3, 0.4) is 0 Å². The number of nitrogens with zero attached hydrogens (tertiary/aromatic N) is 2. The molecule has 1 N–H and O–H groups in total. The second-order valence-corrected chi connectivity index (χ2v) is 5.13. The summed E-state index contributed by atoms with van der Waals surface area (Å²) < 4.78 is 0. The van der Waals surface area contributed by atoms with Crippen molar-refractivity contribution < 1.29 is 0 Å². The van der Waals surface area contributed by atoms with Crippen molar-refractivity contribution in [1.29, 1.82) is 0 Å². The van der Waals surface area contributed by atoms with Gasteiger partial charge in [0, 0.05) is 32.2 Å². The Morgan fingerprint density at radius 3 is 2.33 bits per heavy atom. The Morgan fingerprint density at radius 2 is 1.80 bits per heavy atom. The predicted octanol–water partition coefficient (Wildman–Crippen LogP) is 1.11. The van der Waals surface area contributed by atoms with E-state index in [-0.39, 0.29) is 0 Å². The molecule has 2 saturated heterocycles. The van der Waals surface area contributed by atoms with Crippen LogP contribution in [0.1, 0.15) is 33.1 Å². The Hall–Kier alpha value is -0.120. The number of hydrogen-bond acceptors (Lipinski definition) is 3. The molecule has 2 rings (SSSR count). The first kappa shape index (κ1) is 11.4. The molecule has 2 heterocycles. The molecule has 1 unspecified atom stereocenters. The predicted molar refractivity (Wildman–Crippen MR) is 63.9 cm³/mol. The van der Waals surface area contributed by atoms with Crippen LogP contribution in [-0.2, 0) is 0 Å². The number of piperidine rings is 1. The third-order valence-electron chi connectivity index (χ3n) is 3.80. The van der Waals surface area contributed by atoms with Gasteiger partial charge in [-0.05, 0) is 39.7 Å². The molecule has 1 atom stereocenters. The second kappa shape index (κ2) is 5.28. The molecule has 2 aliphatic heterocycles. The Morgan fingerprint density at radius 1 is 1.07 bits per heavy atom. The summed E-state index contributed by atoms with van der Waals surface area (Å²) in [6.07, 6.45) is 4.79. The molecule has 2 aliphatic rings. The van der Waals surface area contributed by atoms with Gasteiger partial charge in [-0.3, -0.25) is 9.80 Å². The van der Waals surface area contributed by atoms with Crippen molar-refractivity contribution in [3.63, 3.8) is 0 Å². The van der Waals surface area contributed by atoms with Crippen LogP contribution in [0.5, 0.6) is 0 Å². The van der Waals surface area contributed by atoms with E-state index >= 15 is 0 Å². The van der Waals surface area contributed by atoms with Crippen molar-refractivity contribution in [3.05, 3.63) is 0 Å². The molecule has 3 nitrogen and oxygen atoms in total. The van der Waals surface area contributed by atoms with Crippen molar-refractivity contribution in [2.24, 2.45) is 0 Å². The molecule has 0 spiro atoms. The number of piperazine rings is 1. The lowest BCUT2D eigenvalue weighted by Crippen LogP contribution is -2.56. The van der Waals surface area contributed by atoms with E-state index in [2.05, 4.69) is 29.0 Å². The number of hydrogen-bond donors (Lipinski definition) is 1. The molecule has 88 valence electrons. The van der Waals surface area contributed by atoms with Gasteiger partial charge in [0.15, 0.2) is 0 Å². The monoisotopic (exact) mass is 211 g/mol. The molecule has 0 aromatic carbocycles. The quantitative estimate of drug-likeness (QED) is 0.738. The van der Waals surface area contributed by atoms with Gasteiger partial charge in [-0.25, -0.2) is 0 Å². The molecule has 15 heavy (non-hydrogen) atoms. The molecule has 0 aromatic rings. The Kier molecular flexibility index (Phi) is 4.00. The van der Waals surface area contributed by atoms with Gasteiger partial charge >= 0.3 is 0 Å². The van der Waals surface area contributed by atoms with Crippen LogP contribution in [0.15, 0.2) is 0 Å². The normalized spacial score (nSPS) is 31.0. The highest BCUT2D eigenvalue weighted by molar-refractivity contribution is 4.80. The van der Waals surface area contributed by atoms with Crippen molar-refractivity contribution >= 4 is 0 Å². The molecular formula is C12H25N3. The first-order valence-corrected chi connectivity index (χ1v) is 6.49. The zero-order valence-electron chi connectivity index (χ0n) is 10.2. The van der Waals surface area contributed by atoms with Crippen LogP contribution in [0.25, 0.3) is 0 Å². The minimum absolute atomic E-state index is 0.674. The largest absolute Gasteiger partial charge is 0.302 e. The second-order valence-electron chi connectivity index (χ2n) is 5.13. The van der Waals surface area contributed by atoms with E-state index in [9.17, 15) is 0 Å². The number of nitrogens with one attached hydrogen (secondary N) is 1. The van der Waals surface area contributed by atoms with E-state index < -0.39 is 0 Å². The highest BCUT2D eigenvalue weighted by atomic mass is 15.3. The summed E-state index contributed by atoms with van der Waals surface area (Å²) in [7, 11) is 0. The minimum Gasteiger partial charge on any atom is -0.302 e. The first-order valence-electron chi connectivity index (χ1n) is 6.49. The van der Waals surface area contributed by atoms with E-state index in [1.54, 1.807) is 0 Å². The van der Waals surface area contributed by atoms with Crippen molar-refractivity contribution in [2.45, 2.75) is 45.3 Å². The van der Waals surface area contributed by atoms with Crippen LogP contribution >= 0.6 is 0 Å². The fourth-order valence-electron chi connectivity index (χ4n) is 2.71. The van der Waals surface area contributed by atoms with Crippen LogP contribution in [0.4, 0.5) is 0 Å². The molecule has 0 aromatic heterocycles. The molecule has 0 saturated carbocycles. The Balaban J connectivity index is 1.77. The highest BCUT2D eigenvalue weighted by Crippen LogP contribution is 2.14. The standard InChI is InChI=1S/C12H25N3/c1-11(2)14-7-9-15(10-8-14)12-5-3-4-6-13-12/h11-13H,3-10H2,1-2H3. The molecule has 2 fully saturated rings.